The van der Waals surface area contributed by atoms with Crippen LogP contribution in [0.3, 0.4) is 0 Å². The monoisotopic (exact) mass is 478 g/mol. The molecule has 3 rings (SSSR count). The molecule has 0 aliphatic heterocycles. The van der Waals surface area contributed by atoms with Gasteiger partial charge in [0, 0.05) is 25.7 Å². The van der Waals surface area contributed by atoms with Crippen LogP contribution >= 0.6 is 0 Å². The highest BCUT2D eigenvalue weighted by Gasteiger charge is 2.15. The number of hydrogen-bond donors (Lipinski definition) is 3. The maximum absolute atomic E-state index is 11.8. The molecular weight excluding hydrogens is 444 g/mol. The summed E-state index contributed by atoms with van der Waals surface area (Å²) >= 11 is 0. The molecule has 0 bridgehead atoms. The highest BCUT2D eigenvalue weighted by molar-refractivity contribution is 5.67. The molecular formula is C27H34N4O4. The molecule has 8 heteroatoms. The number of nitrogens with one attached hydrogen (secondary N) is 2. The standard InChI is InChI=1S/C27H34N4O4/c1-27(2,3)35-26(32)29-14-13-19-5-11-23(12-6-19)34-25-16-21(17-28)15-24(31-25)30-18-20-7-9-22(33-4)10-8-20/h5-12,15-16H,13-14,17-18,28H2,1-4H3,(H,29,32)(H,30,31). The molecule has 0 spiro atoms. The second-order valence-corrected chi connectivity index (χ2v) is 9.03. The van der Waals surface area contributed by atoms with Crippen LogP contribution in [0.4, 0.5) is 10.6 Å². The number of hydrogen-bond acceptors (Lipinski definition) is 7. The highest BCUT2D eigenvalue weighted by atomic mass is 16.6. The van der Waals surface area contributed by atoms with Gasteiger partial charge in [0.25, 0.3) is 0 Å². The number of anilines is 1. The van der Waals surface area contributed by atoms with Gasteiger partial charge in [-0.15, -0.1) is 0 Å². The van der Waals surface area contributed by atoms with Crippen molar-refractivity contribution >= 4 is 11.9 Å². The van der Waals surface area contributed by atoms with Crippen LogP contribution in [0.15, 0.2) is 60.7 Å². The molecule has 3 aromatic rings. The number of nitrogens with two attached hydrogens (primary N) is 1. The van der Waals surface area contributed by atoms with Crippen molar-refractivity contribution < 1.29 is 19.0 Å². The Morgan fingerprint density at radius 3 is 2.23 bits per heavy atom. The van der Waals surface area contributed by atoms with E-state index >= 15 is 0 Å². The maximum Gasteiger partial charge on any atom is 0.407 e. The van der Waals surface area contributed by atoms with Gasteiger partial charge in [-0.1, -0.05) is 24.3 Å². The van der Waals surface area contributed by atoms with Gasteiger partial charge in [0.15, 0.2) is 0 Å². The van der Waals surface area contributed by atoms with Crippen LogP contribution in [0.5, 0.6) is 17.4 Å². The van der Waals surface area contributed by atoms with Crippen molar-refractivity contribution in [3.05, 3.63) is 77.4 Å². The lowest BCUT2D eigenvalue weighted by atomic mass is 10.1. The Morgan fingerprint density at radius 1 is 0.943 bits per heavy atom. The summed E-state index contributed by atoms with van der Waals surface area (Å²) in [5.41, 5.74) is 8.45. The summed E-state index contributed by atoms with van der Waals surface area (Å²) in [7, 11) is 1.65. The van der Waals surface area contributed by atoms with E-state index in [4.69, 9.17) is 19.9 Å². The molecule has 0 atom stereocenters. The predicted molar refractivity (Wildman–Crippen MR) is 137 cm³/mol. The molecule has 0 aliphatic carbocycles. The summed E-state index contributed by atoms with van der Waals surface area (Å²) in [4.78, 5) is 16.3. The van der Waals surface area contributed by atoms with Crippen LogP contribution in [0, 0.1) is 0 Å². The van der Waals surface area contributed by atoms with Crippen molar-refractivity contribution in [1.82, 2.24) is 10.3 Å². The Kier molecular flexibility index (Phi) is 8.92. The zero-order valence-electron chi connectivity index (χ0n) is 20.8. The fourth-order valence-electron chi connectivity index (χ4n) is 3.22. The number of ether oxygens (including phenoxy) is 3. The lowest BCUT2D eigenvalue weighted by Gasteiger charge is -2.19. The summed E-state index contributed by atoms with van der Waals surface area (Å²) in [5, 5.41) is 6.09. The van der Waals surface area contributed by atoms with Gasteiger partial charge in [0.1, 0.15) is 22.9 Å². The number of alkyl carbamates (subject to hydrolysis) is 1. The quantitative estimate of drug-likeness (QED) is 0.375. The highest BCUT2D eigenvalue weighted by Crippen LogP contribution is 2.24. The Labute approximate surface area is 206 Å². The van der Waals surface area contributed by atoms with Crippen molar-refractivity contribution in [2.24, 2.45) is 5.73 Å². The van der Waals surface area contributed by atoms with Crippen LogP contribution in [0.25, 0.3) is 0 Å². The molecule has 1 aromatic heterocycles. The van der Waals surface area contributed by atoms with Crippen molar-refractivity contribution in [2.75, 3.05) is 19.0 Å². The van der Waals surface area contributed by atoms with Crippen molar-refractivity contribution in [3.8, 4) is 17.4 Å². The van der Waals surface area contributed by atoms with E-state index in [0.717, 1.165) is 22.4 Å². The van der Waals surface area contributed by atoms with Crippen molar-refractivity contribution in [2.45, 2.75) is 45.9 Å². The molecule has 186 valence electrons. The predicted octanol–water partition coefficient (Wildman–Crippen LogP) is 5.02. The average molecular weight is 479 g/mol. The number of carbonyl (C=O) groups is 1. The zero-order chi connectivity index (χ0) is 25.3. The number of aromatic nitrogens is 1. The van der Waals surface area contributed by atoms with Gasteiger partial charge in [0.2, 0.25) is 5.88 Å². The number of methoxy groups -OCH3 is 1. The van der Waals surface area contributed by atoms with Crippen LogP contribution in [0.1, 0.15) is 37.5 Å². The first-order valence-corrected chi connectivity index (χ1v) is 11.6. The molecule has 0 fully saturated rings. The molecule has 4 N–H and O–H groups in total. The first-order valence-electron chi connectivity index (χ1n) is 11.6. The molecule has 0 aliphatic rings. The number of nitrogens with zero attached hydrogens (tertiary/aromatic N) is 1. The molecule has 8 nitrogen and oxygen atoms in total. The third-order valence-electron chi connectivity index (χ3n) is 4.96. The van der Waals surface area contributed by atoms with Crippen LogP contribution in [0.2, 0.25) is 0 Å². The SMILES string of the molecule is COc1ccc(CNc2cc(CN)cc(Oc3ccc(CCNC(=O)OC(C)(C)C)cc3)n2)cc1. The number of rotatable bonds is 10. The minimum absolute atomic E-state index is 0.375. The first-order chi connectivity index (χ1) is 16.7. The minimum atomic E-state index is -0.511. The van der Waals surface area contributed by atoms with E-state index < -0.39 is 11.7 Å². The number of carbonyl (C=O) groups excluding carboxylic acids is 1. The Morgan fingerprint density at radius 2 is 1.60 bits per heavy atom. The lowest BCUT2D eigenvalue weighted by Crippen LogP contribution is -2.33. The fourth-order valence-corrected chi connectivity index (χ4v) is 3.22. The summed E-state index contributed by atoms with van der Waals surface area (Å²) in [6, 6.07) is 19.3. The smallest absolute Gasteiger partial charge is 0.407 e. The minimum Gasteiger partial charge on any atom is -0.497 e. The summed E-state index contributed by atoms with van der Waals surface area (Å²) < 4.78 is 16.4. The van der Waals surface area contributed by atoms with Crippen LogP contribution in [-0.2, 0) is 24.2 Å². The normalized spacial score (nSPS) is 11.0. The largest absolute Gasteiger partial charge is 0.497 e. The molecule has 0 saturated carbocycles. The summed E-state index contributed by atoms with van der Waals surface area (Å²) in [6.07, 6.45) is 0.263. The van der Waals surface area contributed by atoms with E-state index in [-0.39, 0.29) is 0 Å². The van der Waals surface area contributed by atoms with E-state index in [0.29, 0.717) is 43.5 Å². The van der Waals surface area contributed by atoms with E-state index in [1.54, 1.807) is 7.11 Å². The van der Waals surface area contributed by atoms with Gasteiger partial charge in [-0.2, -0.15) is 4.98 Å². The Balaban J connectivity index is 1.56. The first kappa shape index (κ1) is 25.8. The van der Waals surface area contributed by atoms with Gasteiger partial charge in [-0.25, -0.2) is 4.79 Å². The Bertz CT molecular complexity index is 1090. The van der Waals surface area contributed by atoms with E-state index in [1.807, 2.05) is 81.4 Å². The van der Waals surface area contributed by atoms with Gasteiger partial charge < -0.3 is 30.6 Å². The number of benzene rings is 2. The zero-order valence-corrected chi connectivity index (χ0v) is 20.8. The summed E-state index contributed by atoms with van der Waals surface area (Å²) in [6.45, 7) is 6.98. The molecule has 1 amide bonds. The van der Waals surface area contributed by atoms with Crippen molar-refractivity contribution in [3.63, 3.8) is 0 Å². The Hall–Kier alpha value is -3.78. The molecule has 0 radical (unpaired) electrons. The van der Waals surface area contributed by atoms with Gasteiger partial charge in [-0.3, -0.25) is 0 Å². The van der Waals surface area contributed by atoms with E-state index in [9.17, 15) is 4.79 Å². The summed E-state index contributed by atoms with van der Waals surface area (Å²) in [5.74, 6) is 2.63. The fraction of sp³-hybridized carbons (Fsp3) is 0.333. The second kappa shape index (κ2) is 12.1. The van der Waals surface area contributed by atoms with Crippen molar-refractivity contribution in [1.29, 1.82) is 0 Å². The van der Waals surface area contributed by atoms with Crippen LogP contribution in [-0.4, -0.2) is 30.3 Å². The van der Waals surface area contributed by atoms with E-state index in [1.165, 1.54) is 0 Å². The average Bonchev–Trinajstić information content (AvgIpc) is 2.83. The molecule has 0 saturated heterocycles. The molecule has 0 unspecified atom stereocenters. The molecule has 35 heavy (non-hydrogen) atoms. The maximum atomic E-state index is 11.8. The number of pyridine rings is 1. The topological polar surface area (TPSA) is 108 Å². The van der Waals surface area contributed by atoms with Crippen LogP contribution < -0.4 is 25.8 Å². The number of amides is 1. The third kappa shape index (κ3) is 8.83. The second-order valence-electron chi connectivity index (χ2n) is 9.03. The van der Waals surface area contributed by atoms with Gasteiger partial charge in [0.05, 0.1) is 7.11 Å². The van der Waals surface area contributed by atoms with E-state index in [2.05, 4.69) is 15.6 Å². The molecule has 1 heterocycles. The van der Waals surface area contributed by atoms with Gasteiger partial charge in [-0.05, 0) is 74.2 Å². The third-order valence-corrected chi connectivity index (χ3v) is 4.96. The lowest BCUT2D eigenvalue weighted by molar-refractivity contribution is 0.0528. The van der Waals surface area contributed by atoms with Gasteiger partial charge >= 0.3 is 6.09 Å². The molecule has 2 aromatic carbocycles.